The highest BCUT2D eigenvalue weighted by Crippen LogP contribution is 2.24. The average Bonchev–Trinajstić information content (AvgIpc) is 2.71. The van der Waals surface area contributed by atoms with Gasteiger partial charge in [-0.15, -0.1) is 0 Å². The van der Waals surface area contributed by atoms with E-state index in [2.05, 4.69) is 17.6 Å². The minimum Gasteiger partial charge on any atom is -0.444 e. The summed E-state index contributed by atoms with van der Waals surface area (Å²) in [6, 6.07) is 5.95. The monoisotopic (exact) mass is 461 g/mol. The number of ether oxygens (including phenoxy) is 1. The zero-order valence-corrected chi connectivity index (χ0v) is 21.8. The maximum absolute atomic E-state index is 13.6. The normalized spacial score (nSPS) is 15.1. The zero-order chi connectivity index (χ0) is 25.3. The summed E-state index contributed by atoms with van der Waals surface area (Å²) >= 11 is 0. The van der Waals surface area contributed by atoms with E-state index in [-0.39, 0.29) is 23.8 Å². The largest absolute Gasteiger partial charge is 0.444 e. The smallest absolute Gasteiger partial charge is 0.408 e. The van der Waals surface area contributed by atoms with E-state index in [9.17, 15) is 14.4 Å². The minimum absolute atomic E-state index is 0.01000. The molecule has 1 aromatic carbocycles. The predicted molar refractivity (Wildman–Crippen MR) is 132 cm³/mol. The Labute approximate surface area is 199 Å². The summed E-state index contributed by atoms with van der Waals surface area (Å²) in [4.78, 5) is 40.8. The van der Waals surface area contributed by atoms with Crippen molar-refractivity contribution in [1.29, 1.82) is 0 Å². The summed E-state index contributed by atoms with van der Waals surface area (Å²) in [5.74, 6) is -0.719. The highest BCUT2D eigenvalue weighted by atomic mass is 16.6. The van der Waals surface area contributed by atoms with Crippen molar-refractivity contribution >= 4 is 17.9 Å². The van der Waals surface area contributed by atoms with E-state index in [0.717, 1.165) is 24.0 Å². The van der Waals surface area contributed by atoms with Crippen LogP contribution in [0.3, 0.4) is 0 Å². The number of amides is 3. The molecule has 0 aliphatic rings. The molecule has 0 fully saturated rings. The number of alkyl carbamates (subject to hydrolysis) is 1. The Morgan fingerprint density at radius 2 is 1.61 bits per heavy atom. The van der Waals surface area contributed by atoms with E-state index in [1.54, 1.807) is 27.8 Å². The topological polar surface area (TPSA) is 87.7 Å². The molecule has 1 aromatic rings. The third-order valence-corrected chi connectivity index (χ3v) is 5.64. The molecule has 7 nitrogen and oxygen atoms in total. The van der Waals surface area contributed by atoms with Gasteiger partial charge in [-0.1, -0.05) is 63.4 Å². The van der Waals surface area contributed by atoms with E-state index in [0.29, 0.717) is 6.42 Å². The molecule has 0 aliphatic heterocycles. The van der Waals surface area contributed by atoms with E-state index >= 15 is 0 Å². The van der Waals surface area contributed by atoms with Crippen molar-refractivity contribution in [2.24, 2.45) is 5.92 Å². The van der Waals surface area contributed by atoms with Gasteiger partial charge in [-0.25, -0.2) is 4.79 Å². The highest BCUT2D eigenvalue weighted by Gasteiger charge is 2.36. The number of likely N-dealkylation sites (N-methyl/N-ethyl adjacent to an activating group) is 1. The fourth-order valence-electron chi connectivity index (χ4n) is 3.59. The van der Waals surface area contributed by atoms with Gasteiger partial charge < -0.3 is 20.3 Å². The number of carbonyl (C=O) groups is 3. The van der Waals surface area contributed by atoms with E-state index in [4.69, 9.17) is 4.74 Å². The van der Waals surface area contributed by atoms with Crippen molar-refractivity contribution in [1.82, 2.24) is 15.5 Å². The van der Waals surface area contributed by atoms with E-state index in [1.807, 2.05) is 52.0 Å². The molecule has 0 heterocycles. The second kappa shape index (κ2) is 12.6. The predicted octanol–water partition coefficient (Wildman–Crippen LogP) is 4.74. The average molecular weight is 462 g/mol. The molecular formula is C26H43N3O4. The fourth-order valence-corrected chi connectivity index (χ4v) is 3.59. The van der Waals surface area contributed by atoms with Gasteiger partial charge in [0.25, 0.3) is 0 Å². The lowest BCUT2D eigenvalue weighted by Gasteiger charge is -2.34. The summed E-state index contributed by atoms with van der Waals surface area (Å²) in [5.41, 5.74) is 1.10. The zero-order valence-electron chi connectivity index (χ0n) is 21.8. The lowest BCUT2D eigenvalue weighted by Crippen LogP contribution is -2.54. The first-order valence-corrected chi connectivity index (χ1v) is 11.9. The molecule has 1 rings (SSSR count). The summed E-state index contributed by atoms with van der Waals surface area (Å²) in [6.45, 7) is 15.2. The molecule has 4 unspecified atom stereocenters. The number of nitrogens with one attached hydrogen (secondary N) is 2. The Balaban J connectivity index is 3.25. The molecule has 0 saturated heterocycles. The van der Waals surface area contributed by atoms with Gasteiger partial charge in [0.15, 0.2) is 0 Å². The number of rotatable bonds is 10. The Hall–Kier alpha value is -2.57. The maximum Gasteiger partial charge on any atom is 0.408 e. The Morgan fingerprint density at radius 3 is 2.09 bits per heavy atom. The number of hydrogen-bond donors (Lipinski definition) is 2. The molecule has 3 amide bonds. The first-order chi connectivity index (χ1) is 15.3. The standard InChI is InChI=1S/C26H43N3O4/c1-10-12-19(5)27-23(30)22(20-15-13-17(3)14-16-20)29(9)24(31)21(18(4)11-2)28-25(32)33-26(6,7)8/h13-16,18-19,21-22H,10-12H2,1-9H3,(H,27,30)(H,28,32). The van der Waals surface area contributed by atoms with Gasteiger partial charge in [0, 0.05) is 13.1 Å². The number of benzene rings is 1. The van der Waals surface area contributed by atoms with Gasteiger partial charge in [0.05, 0.1) is 0 Å². The van der Waals surface area contributed by atoms with Crippen LogP contribution in [0.2, 0.25) is 0 Å². The van der Waals surface area contributed by atoms with Gasteiger partial charge in [0.1, 0.15) is 17.7 Å². The third-order valence-electron chi connectivity index (χ3n) is 5.64. The van der Waals surface area contributed by atoms with Crippen LogP contribution < -0.4 is 10.6 Å². The van der Waals surface area contributed by atoms with Gasteiger partial charge in [0.2, 0.25) is 11.8 Å². The van der Waals surface area contributed by atoms with Crippen LogP contribution >= 0.6 is 0 Å². The van der Waals surface area contributed by atoms with Crippen LogP contribution in [0, 0.1) is 12.8 Å². The number of nitrogens with zero attached hydrogens (tertiary/aromatic N) is 1. The number of hydrogen-bond acceptors (Lipinski definition) is 4. The molecule has 0 bridgehead atoms. The van der Waals surface area contributed by atoms with Crippen LogP contribution in [0.5, 0.6) is 0 Å². The Morgan fingerprint density at radius 1 is 1.03 bits per heavy atom. The first kappa shape index (κ1) is 28.5. The molecule has 33 heavy (non-hydrogen) atoms. The minimum atomic E-state index is -0.816. The van der Waals surface area contributed by atoms with Crippen molar-refractivity contribution in [3.05, 3.63) is 35.4 Å². The Bertz CT molecular complexity index is 786. The second-order valence-electron chi connectivity index (χ2n) is 9.97. The number of carbonyl (C=O) groups excluding carboxylic acids is 3. The van der Waals surface area contributed by atoms with E-state index < -0.39 is 23.8 Å². The number of aryl methyl sites for hydroxylation is 1. The van der Waals surface area contributed by atoms with Gasteiger partial charge in [-0.2, -0.15) is 0 Å². The van der Waals surface area contributed by atoms with Gasteiger partial charge >= 0.3 is 6.09 Å². The molecule has 0 radical (unpaired) electrons. The first-order valence-electron chi connectivity index (χ1n) is 11.9. The Kier molecular flexibility index (Phi) is 10.9. The molecule has 4 atom stereocenters. The fraction of sp³-hybridized carbons (Fsp3) is 0.654. The summed E-state index contributed by atoms with van der Waals surface area (Å²) in [5, 5.41) is 5.78. The summed E-state index contributed by atoms with van der Waals surface area (Å²) < 4.78 is 5.38. The molecule has 2 N–H and O–H groups in total. The van der Waals surface area contributed by atoms with Crippen LogP contribution in [0.1, 0.15) is 84.9 Å². The molecule has 0 aromatic heterocycles. The van der Waals surface area contributed by atoms with Crippen LogP contribution in [-0.4, -0.2) is 47.5 Å². The third kappa shape index (κ3) is 9.06. The van der Waals surface area contributed by atoms with Crippen LogP contribution in [0.4, 0.5) is 4.79 Å². The van der Waals surface area contributed by atoms with E-state index in [1.165, 1.54) is 4.90 Å². The molecule has 186 valence electrons. The lowest BCUT2D eigenvalue weighted by atomic mass is 9.96. The van der Waals surface area contributed by atoms with Gasteiger partial charge in [-0.3, -0.25) is 9.59 Å². The molecule has 0 aliphatic carbocycles. The molecule has 7 heteroatoms. The van der Waals surface area contributed by atoms with Crippen molar-refractivity contribution in [2.45, 2.75) is 98.4 Å². The van der Waals surface area contributed by atoms with Crippen molar-refractivity contribution in [3.63, 3.8) is 0 Å². The van der Waals surface area contributed by atoms with Crippen LogP contribution in [0.25, 0.3) is 0 Å². The van der Waals surface area contributed by atoms with Gasteiger partial charge in [-0.05, 0) is 52.5 Å². The van der Waals surface area contributed by atoms with Crippen molar-refractivity contribution in [2.75, 3.05) is 7.05 Å². The molecule has 0 saturated carbocycles. The SMILES string of the molecule is CCCC(C)NC(=O)C(c1ccc(C)cc1)N(C)C(=O)C(NC(=O)OC(C)(C)C)C(C)CC. The summed E-state index contributed by atoms with van der Waals surface area (Å²) in [7, 11) is 1.61. The highest BCUT2D eigenvalue weighted by molar-refractivity contribution is 5.92. The van der Waals surface area contributed by atoms with Crippen molar-refractivity contribution in [3.8, 4) is 0 Å². The van der Waals surface area contributed by atoms with Crippen LogP contribution in [0.15, 0.2) is 24.3 Å². The van der Waals surface area contributed by atoms with Crippen molar-refractivity contribution < 1.29 is 19.1 Å². The van der Waals surface area contributed by atoms with Crippen LogP contribution in [-0.2, 0) is 14.3 Å². The maximum atomic E-state index is 13.6. The molecule has 0 spiro atoms. The molecular weight excluding hydrogens is 418 g/mol. The summed E-state index contributed by atoms with van der Waals surface area (Å²) in [6.07, 6.45) is 1.82. The second-order valence-corrected chi connectivity index (χ2v) is 9.97. The quantitative estimate of drug-likeness (QED) is 0.527. The lowest BCUT2D eigenvalue weighted by molar-refractivity contribution is -0.142.